The van der Waals surface area contributed by atoms with Crippen LogP contribution in [0.3, 0.4) is 0 Å². The molecular weight excluding hydrogens is 380 g/mol. The zero-order valence-corrected chi connectivity index (χ0v) is 18.3. The van der Waals surface area contributed by atoms with E-state index in [0.717, 1.165) is 23.9 Å². The number of hydrogen-bond donors (Lipinski definition) is 2. The van der Waals surface area contributed by atoms with Gasteiger partial charge in [0.1, 0.15) is 11.2 Å². The van der Waals surface area contributed by atoms with Crippen molar-refractivity contribution in [2.45, 2.75) is 77.1 Å². The third-order valence-electron chi connectivity index (χ3n) is 5.95. The molecule has 2 atom stereocenters. The molecule has 7 heteroatoms. The topological polar surface area (TPSA) is 76.9 Å². The number of imidazole rings is 1. The number of nitrogens with one attached hydrogen (secondary N) is 2. The van der Waals surface area contributed by atoms with Gasteiger partial charge in [-0.15, -0.1) is 0 Å². The standard InChI is InChI=1S/C23H34N4O3/c1-23(2,3)30-22(28)24-11-18-13-27-12-17(9-10-21(27)25-18)20-15-29-14-19(26-20)16-7-5-4-6-8-16/h9-10,12-13,16,19-20,26H,4-8,11,14-15H2,1-3H3,(H,24,28)/t19-,20+/m0/s1. The fourth-order valence-corrected chi connectivity index (χ4v) is 4.50. The van der Waals surface area contributed by atoms with E-state index in [-0.39, 0.29) is 6.04 Å². The Labute approximate surface area is 178 Å². The van der Waals surface area contributed by atoms with Gasteiger partial charge in [0.25, 0.3) is 0 Å². The average Bonchev–Trinajstić information content (AvgIpc) is 3.14. The lowest BCUT2D eigenvalue weighted by Crippen LogP contribution is -2.48. The van der Waals surface area contributed by atoms with Crippen LogP contribution in [-0.2, 0) is 16.0 Å². The minimum atomic E-state index is -0.511. The van der Waals surface area contributed by atoms with Crippen LogP contribution in [0, 0.1) is 5.92 Å². The molecule has 3 heterocycles. The van der Waals surface area contributed by atoms with Crippen LogP contribution in [0.2, 0.25) is 0 Å². The number of aromatic nitrogens is 2. The van der Waals surface area contributed by atoms with Gasteiger partial charge in [0.2, 0.25) is 0 Å². The molecule has 2 aliphatic rings. The number of fused-ring (bicyclic) bond motifs is 1. The smallest absolute Gasteiger partial charge is 0.407 e. The van der Waals surface area contributed by atoms with Gasteiger partial charge >= 0.3 is 6.09 Å². The van der Waals surface area contributed by atoms with E-state index >= 15 is 0 Å². The lowest BCUT2D eigenvalue weighted by Gasteiger charge is -2.37. The average molecular weight is 415 g/mol. The van der Waals surface area contributed by atoms with E-state index < -0.39 is 11.7 Å². The molecule has 30 heavy (non-hydrogen) atoms. The Balaban J connectivity index is 1.40. The summed E-state index contributed by atoms with van der Waals surface area (Å²) in [5, 5.41) is 6.61. The maximum atomic E-state index is 11.9. The number of hydrogen-bond acceptors (Lipinski definition) is 5. The van der Waals surface area contributed by atoms with Crippen LogP contribution < -0.4 is 10.6 Å². The third kappa shape index (κ3) is 5.32. The summed E-state index contributed by atoms with van der Waals surface area (Å²) in [6, 6.07) is 4.78. The van der Waals surface area contributed by atoms with E-state index in [1.54, 1.807) is 0 Å². The lowest BCUT2D eigenvalue weighted by molar-refractivity contribution is 0.0201. The molecule has 164 valence electrons. The normalized spacial score (nSPS) is 23.4. The number of pyridine rings is 1. The molecular formula is C23H34N4O3. The van der Waals surface area contributed by atoms with Crippen LogP contribution in [0.4, 0.5) is 4.79 Å². The van der Waals surface area contributed by atoms with Crippen LogP contribution in [0.1, 0.15) is 70.2 Å². The van der Waals surface area contributed by atoms with Crippen molar-refractivity contribution < 1.29 is 14.3 Å². The molecule has 0 radical (unpaired) electrons. The number of nitrogens with zero attached hydrogens (tertiary/aromatic N) is 2. The van der Waals surface area contributed by atoms with Gasteiger partial charge in [0.15, 0.2) is 0 Å². The SMILES string of the molecule is CC(C)(C)OC(=O)NCc1cn2cc([C@H]3COC[C@@H](C4CCCCC4)N3)ccc2n1. The molecule has 2 aromatic rings. The Bertz CT molecular complexity index is 867. The lowest BCUT2D eigenvalue weighted by atomic mass is 9.83. The van der Waals surface area contributed by atoms with Gasteiger partial charge in [-0.25, -0.2) is 9.78 Å². The molecule has 1 aliphatic carbocycles. The van der Waals surface area contributed by atoms with Crippen LogP contribution in [0.15, 0.2) is 24.5 Å². The minimum absolute atomic E-state index is 0.195. The van der Waals surface area contributed by atoms with Gasteiger partial charge < -0.3 is 24.5 Å². The summed E-state index contributed by atoms with van der Waals surface area (Å²) in [5.41, 5.74) is 2.35. The number of rotatable bonds is 4. The highest BCUT2D eigenvalue weighted by Crippen LogP contribution is 2.30. The zero-order chi connectivity index (χ0) is 21.1. The molecule has 2 aromatic heterocycles. The van der Waals surface area contributed by atoms with Crippen LogP contribution >= 0.6 is 0 Å². The van der Waals surface area contributed by atoms with Gasteiger partial charge in [-0.3, -0.25) is 0 Å². The van der Waals surface area contributed by atoms with Crippen molar-refractivity contribution in [3.8, 4) is 0 Å². The summed E-state index contributed by atoms with van der Waals surface area (Å²) in [6.45, 7) is 7.38. The van der Waals surface area contributed by atoms with Crippen molar-refractivity contribution in [1.82, 2.24) is 20.0 Å². The van der Waals surface area contributed by atoms with Crippen molar-refractivity contribution in [1.29, 1.82) is 0 Å². The van der Waals surface area contributed by atoms with E-state index in [2.05, 4.69) is 27.9 Å². The van der Waals surface area contributed by atoms with E-state index in [0.29, 0.717) is 19.2 Å². The first-order valence-electron chi connectivity index (χ1n) is 11.2. The van der Waals surface area contributed by atoms with Crippen LogP contribution in [0.5, 0.6) is 0 Å². The first-order valence-corrected chi connectivity index (χ1v) is 11.2. The number of alkyl carbamates (subject to hydrolysis) is 1. The van der Waals surface area contributed by atoms with Crippen molar-refractivity contribution in [2.24, 2.45) is 5.92 Å². The molecule has 0 bridgehead atoms. The maximum Gasteiger partial charge on any atom is 0.407 e. The van der Waals surface area contributed by atoms with Crippen molar-refractivity contribution in [3.05, 3.63) is 35.8 Å². The molecule has 1 aliphatic heterocycles. The summed E-state index contributed by atoms with van der Waals surface area (Å²) < 4.78 is 13.3. The highest BCUT2D eigenvalue weighted by Gasteiger charge is 2.30. The molecule has 2 fully saturated rings. The second-order valence-corrected chi connectivity index (χ2v) is 9.58. The van der Waals surface area contributed by atoms with E-state index in [1.807, 2.05) is 37.4 Å². The molecule has 2 N–H and O–H groups in total. The van der Waals surface area contributed by atoms with Gasteiger partial charge in [0.05, 0.1) is 31.5 Å². The Hall–Kier alpha value is -2.12. The van der Waals surface area contributed by atoms with Crippen molar-refractivity contribution in [3.63, 3.8) is 0 Å². The van der Waals surface area contributed by atoms with Crippen molar-refractivity contribution >= 4 is 11.7 Å². The monoisotopic (exact) mass is 414 g/mol. The Morgan fingerprint density at radius 1 is 1.23 bits per heavy atom. The first-order chi connectivity index (χ1) is 14.4. The molecule has 0 spiro atoms. The predicted molar refractivity (Wildman–Crippen MR) is 115 cm³/mol. The van der Waals surface area contributed by atoms with Gasteiger partial charge in [0, 0.05) is 18.4 Å². The number of ether oxygens (including phenoxy) is 2. The van der Waals surface area contributed by atoms with Gasteiger partial charge in [-0.05, 0) is 51.2 Å². The largest absolute Gasteiger partial charge is 0.444 e. The van der Waals surface area contributed by atoms with Gasteiger partial charge in [-0.2, -0.15) is 0 Å². The Morgan fingerprint density at radius 3 is 2.80 bits per heavy atom. The molecule has 1 amide bonds. The fraction of sp³-hybridized carbons (Fsp3) is 0.652. The maximum absolute atomic E-state index is 11.9. The quantitative estimate of drug-likeness (QED) is 0.792. The molecule has 1 saturated heterocycles. The van der Waals surface area contributed by atoms with E-state index in [9.17, 15) is 4.79 Å². The fourth-order valence-electron chi connectivity index (χ4n) is 4.50. The second kappa shape index (κ2) is 8.94. The number of carbonyl (C=O) groups excluding carboxylic acids is 1. The van der Waals surface area contributed by atoms with Crippen LogP contribution in [0.25, 0.3) is 5.65 Å². The summed E-state index contributed by atoms with van der Waals surface area (Å²) in [5.74, 6) is 0.726. The third-order valence-corrected chi connectivity index (χ3v) is 5.95. The first kappa shape index (κ1) is 21.1. The highest BCUT2D eigenvalue weighted by atomic mass is 16.6. The van der Waals surface area contributed by atoms with Crippen LogP contribution in [-0.4, -0.2) is 40.3 Å². The van der Waals surface area contributed by atoms with Crippen molar-refractivity contribution in [2.75, 3.05) is 13.2 Å². The summed E-state index contributed by atoms with van der Waals surface area (Å²) >= 11 is 0. The molecule has 7 nitrogen and oxygen atoms in total. The number of carbonyl (C=O) groups is 1. The minimum Gasteiger partial charge on any atom is -0.444 e. The second-order valence-electron chi connectivity index (χ2n) is 9.58. The summed E-state index contributed by atoms with van der Waals surface area (Å²) in [6.07, 6.45) is 10.3. The zero-order valence-electron chi connectivity index (χ0n) is 18.3. The summed E-state index contributed by atoms with van der Waals surface area (Å²) in [4.78, 5) is 16.5. The molecule has 0 aromatic carbocycles. The number of morpholine rings is 1. The van der Waals surface area contributed by atoms with Gasteiger partial charge in [-0.1, -0.05) is 25.3 Å². The Morgan fingerprint density at radius 2 is 2.03 bits per heavy atom. The number of amides is 1. The summed E-state index contributed by atoms with van der Waals surface area (Å²) in [7, 11) is 0. The van der Waals surface area contributed by atoms with E-state index in [1.165, 1.54) is 37.7 Å². The molecule has 1 saturated carbocycles. The molecule has 0 unspecified atom stereocenters. The highest BCUT2D eigenvalue weighted by molar-refractivity contribution is 5.67. The predicted octanol–water partition coefficient (Wildman–Crippen LogP) is 3.97. The molecule has 4 rings (SSSR count). The van der Waals surface area contributed by atoms with E-state index in [4.69, 9.17) is 9.47 Å². The Kier molecular flexibility index (Phi) is 6.29.